The highest BCUT2D eigenvalue weighted by Crippen LogP contribution is 2.40. The zero-order valence-electron chi connectivity index (χ0n) is 31.4. The molecule has 4 bridgehead atoms. The zero-order valence-corrected chi connectivity index (χ0v) is 31.4. The third-order valence-corrected chi connectivity index (χ3v) is 11.1. The molecule has 4 aromatic heterocycles. The number of nitrogens with two attached hydrogens (primary N) is 1. The van der Waals surface area contributed by atoms with Gasteiger partial charge in [0.05, 0.1) is 28.8 Å². The van der Waals surface area contributed by atoms with Crippen LogP contribution < -0.4 is 31.1 Å². The van der Waals surface area contributed by atoms with E-state index in [1.807, 2.05) is 55.4 Å². The lowest BCUT2D eigenvalue weighted by molar-refractivity contribution is 0.0803. The maximum atomic E-state index is 13.2. The first-order valence-electron chi connectivity index (χ1n) is 19.5. The van der Waals surface area contributed by atoms with Crippen molar-refractivity contribution in [1.29, 1.82) is 0 Å². The van der Waals surface area contributed by atoms with Gasteiger partial charge in [0.25, 0.3) is 0 Å². The summed E-state index contributed by atoms with van der Waals surface area (Å²) in [5, 5.41) is 6.75. The second-order valence-corrected chi connectivity index (χ2v) is 15.1. The van der Waals surface area contributed by atoms with E-state index in [2.05, 4.69) is 54.7 Å². The van der Waals surface area contributed by atoms with Crippen LogP contribution in [0, 0.1) is 13.8 Å². The largest absolute Gasteiger partial charge is 0.381 e. The third-order valence-electron chi connectivity index (χ3n) is 11.1. The fraction of sp³-hybridized carbons (Fsp3) is 0.488. The van der Waals surface area contributed by atoms with Crippen molar-refractivity contribution in [2.45, 2.75) is 76.5 Å². The van der Waals surface area contributed by atoms with Gasteiger partial charge in [-0.2, -0.15) is 0 Å². The number of urea groups is 1. The minimum atomic E-state index is -0.0358. The number of amides is 2. The number of pyridine rings is 4. The van der Waals surface area contributed by atoms with Crippen molar-refractivity contribution in [1.82, 2.24) is 25.3 Å². The molecule has 2 amide bonds. The predicted molar refractivity (Wildman–Crippen MR) is 212 cm³/mol. The van der Waals surface area contributed by atoms with Crippen LogP contribution in [-0.4, -0.2) is 103 Å². The molecule has 0 aliphatic carbocycles. The first kappa shape index (κ1) is 36.1. The Morgan fingerprint density at radius 2 is 1.35 bits per heavy atom. The molecule has 4 N–H and O–H groups in total. The van der Waals surface area contributed by atoms with Crippen LogP contribution in [0.15, 0.2) is 60.9 Å². The number of aryl methyl sites for hydroxylation is 2. The van der Waals surface area contributed by atoms with E-state index in [0.29, 0.717) is 25.3 Å². The SMILES string of the molecule is Cc1ccc(-c2ccc3c(n2)N(C(=O)NC2CCOCC2)[C@H]2CCN3C2)cn1.Cc1ccc(-c2ccc3c(n2)N[C@H]2CCN3C2)cn1.NC1CCOCC1. The van der Waals surface area contributed by atoms with Crippen LogP contribution >= 0.6 is 0 Å². The van der Waals surface area contributed by atoms with Crippen molar-refractivity contribution < 1.29 is 14.3 Å². The molecule has 4 fully saturated rings. The Balaban J connectivity index is 0.000000136. The normalized spacial score (nSPS) is 21.5. The number of ether oxygens (including phenoxy) is 2. The minimum absolute atomic E-state index is 0.0358. The summed E-state index contributed by atoms with van der Waals surface area (Å²) in [5.74, 6) is 1.78. The summed E-state index contributed by atoms with van der Waals surface area (Å²) >= 11 is 0. The summed E-state index contributed by atoms with van der Waals surface area (Å²) < 4.78 is 10.5. The van der Waals surface area contributed by atoms with Crippen LogP contribution in [0.5, 0.6) is 0 Å². The van der Waals surface area contributed by atoms with Gasteiger partial charge in [-0.1, -0.05) is 0 Å². The number of nitrogens with zero attached hydrogens (tertiary/aromatic N) is 7. The molecular weight excluding hydrogens is 681 g/mol. The summed E-state index contributed by atoms with van der Waals surface area (Å²) in [6.07, 6.45) is 9.73. The van der Waals surface area contributed by atoms with Crippen LogP contribution in [0.4, 0.5) is 27.8 Å². The lowest BCUT2D eigenvalue weighted by Crippen LogP contribution is -2.53. The molecule has 2 atom stereocenters. The molecule has 13 heteroatoms. The topological polar surface area (TPSA) is 147 Å². The molecule has 13 nitrogen and oxygen atoms in total. The number of nitrogens with one attached hydrogen (secondary N) is 2. The molecule has 54 heavy (non-hydrogen) atoms. The molecule has 0 spiro atoms. The van der Waals surface area contributed by atoms with Crippen molar-refractivity contribution >= 4 is 29.0 Å². The number of hydrogen-bond donors (Lipinski definition) is 3. The Bertz CT molecular complexity index is 1900. The van der Waals surface area contributed by atoms with E-state index < -0.39 is 0 Å². The number of carbonyl (C=O) groups is 1. The molecule has 10 heterocycles. The highest BCUT2D eigenvalue weighted by Gasteiger charge is 2.41. The molecule has 6 aliphatic rings. The van der Waals surface area contributed by atoms with E-state index in [-0.39, 0.29) is 18.1 Å². The monoisotopic (exact) mass is 732 g/mol. The number of aromatic nitrogens is 4. The summed E-state index contributed by atoms with van der Waals surface area (Å²) in [4.78, 5) is 38.2. The van der Waals surface area contributed by atoms with Gasteiger partial charge in [0, 0.05) is 106 Å². The van der Waals surface area contributed by atoms with Gasteiger partial charge in [0.1, 0.15) is 0 Å². The second-order valence-electron chi connectivity index (χ2n) is 15.1. The quantitative estimate of drug-likeness (QED) is 0.252. The Kier molecular flexibility index (Phi) is 10.9. The van der Waals surface area contributed by atoms with Gasteiger partial charge in [-0.25, -0.2) is 14.8 Å². The molecule has 0 aromatic carbocycles. The van der Waals surface area contributed by atoms with E-state index in [9.17, 15) is 4.79 Å². The fourth-order valence-corrected chi connectivity index (χ4v) is 7.94. The van der Waals surface area contributed by atoms with Crippen molar-refractivity contribution in [3.8, 4) is 22.5 Å². The Morgan fingerprint density at radius 3 is 1.98 bits per heavy atom. The number of anilines is 4. The van der Waals surface area contributed by atoms with Gasteiger partial charge in [-0.3, -0.25) is 14.9 Å². The minimum Gasteiger partial charge on any atom is -0.381 e. The predicted octanol–water partition coefficient (Wildman–Crippen LogP) is 5.32. The zero-order chi connectivity index (χ0) is 37.0. The lowest BCUT2D eigenvalue weighted by Gasteiger charge is -2.37. The number of carbonyl (C=O) groups excluding carboxylic acids is 1. The van der Waals surface area contributed by atoms with Crippen LogP contribution in [0.25, 0.3) is 22.5 Å². The molecule has 0 radical (unpaired) electrons. The molecule has 4 saturated heterocycles. The standard InChI is InChI=1S/C21H25N5O2.C15H16N4.C5H11NO/c1-14-2-3-15(12-22-14)18-4-5-19-20(24-18)26(17-6-9-25(19)13-17)21(27)23-16-7-10-28-11-8-16;1-10-2-3-11(8-16-10)13-4-5-14-15(18-13)17-12-6-7-19(14)9-12;6-5-1-3-7-4-2-5/h2-5,12,16-17H,6-11,13H2,1H3,(H,23,27);2-5,8,12H,6-7,9H2,1H3,(H,17,18);5H,1-4,6H2/t17-;12-;/m00./s1. The van der Waals surface area contributed by atoms with Gasteiger partial charge in [0.15, 0.2) is 11.6 Å². The molecule has 284 valence electrons. The van der Waals surface area contributed by atoms with E-state index in [1.165, 1.54) is 12.1 Å². The fourth-order valence-electron chi connectivity index (χ4n) is 7.94. The number of hydrogen-bond acceptors (Lipinski definition) is 11. The molecule has 10 rings (SSSR count). The molecule has 6 aliphatic heterocycles. The van der Waals surface area contributed by atoms with Gasteiger partial charge in [-0.05, 0) is 101 Å². The van der Waals surface area contributed by atoms with Gasteiger partial charge < -0.3 is 35.6 Å². The van der Waals surface area contributed by atoms with E-state index in [0.717, 1.165) is 123 Å². The molecular formula is C41H52N10O3. The Morgan fingerprint density at radius 1 is 0.741 bits per heavy atom. The van der Waals surface area contributed by atoms with Gasteiger partial charge in [0.2, 0.25) is 0 Å². The van der Waals surface area contributed by atoms with E-state index >= 15 is 0 Å². The average molecular weight is 733 g/mol. The molecule has 4 aromatic rings. The first-order valence-corrected chi connectivity index (χ1v) is 19.5. The molecule has 0 unspecified atom stereocenters. The third kappa shape index (κ3) is 8.13. The Hall–Kier alpha value is -4.85. The van der Waals surface area contributed by atoms with E-state index in [4.69, 9.17) is 25.2 Å². The second kappa shape index (κ2) is 16.3. The number of fused-ring (bicyclic) bond motifs is 8. The van der Waals surface area contributed by atoms with Crippen molar-refractivity contribution in [3.63, 3.8) is 0 Å². The maximum Gasteiger partial charge on any atom is 0.323 e. The summed E-state index contributed by atoms with van der Waals surface area (Å²) in [6.45, 7) is 11.2. The average Bonchev–Trinajstić information content (AvgIpc) is 3.80. The van der Waals surface area contributed by atoms with Crippen molar-refractivity contribution in [3.05, 3.63) is 72.3 Å². The maximum absolute atomic E-state index is 13.2. The molecule has 0 saturated carbocycles. The summed E-state index contributed by atoms with van der Waals surface area (Å²) in [6, 6.07) is 17.8. The van der Waals surface area contributed by atoms with Crippen LogP contribution in [0.1, 0.15) is 49.9 Å². The van der Waals surface area contributed by atoms with Crippen LogP contribution in [0.2, 0.25) is 0 Å². The van der Waals surface area contributed by atoms with Gasteiger partial charge in [-0.15, -0.1) is 0 Å². The van der Waals surface area contributed by atoms with Crippen LogP contribution in [0.3, 0.4) is 0 Å². The van der Waals surface area contributed by atoms with Crippen molar-refractivity contribution in [2.75, 3.05) is 72.6 Å². The smallest absolute Gasteiger partial charge is 0.323 e. The summed E-state index contributed by atoms with van der Waals surface area (Å²) in [5.41, 5.74) is 13.7. The van der Waals surface area contributed by atoms with Crippen LogP contribution in [-0.2, 0) is 9.47 Å². The number of rotatable bonds is 3. The van der Waals surface area contributed by atoms with E-state index in [1.54, 1.807) is 0 Å². The Labute approximate surface area is 317 Å². The van der Waals surface area contributed by atoms with Gasteiger partial charge >= 0.3 is 6.03 Å². The highest BCUT2D eigenvalue weighted by molar-refractivity contribution is 5.97. The lowest BCUT2D eigenvalue weighted by atomic mass is 10.1. The summed E-state index contributed by atoms with van der Waals surface area (Å²) in [7, 11) is 0. The van der Waals surface area contributed by atoms with Crippen molar-refractivity contribution in [2.24, 2.45) is 5.73 Å². The first-order chi connectivity index (χ1) is 26.4. The highest BCUT2D eigenvalue weighted by atomic mass is 16.5.